The molecule has 0 bridgehead atoms. The van der Waals surface area contributed by atoms with E-state index in [0.717, 1.165) is 23.5 Å². The van der Waals surface area contributed by atoms with Crippen molar-refractivity contribution >= 4 is 40.6 Å². The van der Waals surface area contributed by atoms with Crippen molar-refractivity contribution in [2.24, 2.45) is 0 Å². The Kier molecular flexibility index (Phi) is 9.04. The van der Waals surface area contributed by atoms with Crippen molar-refractivity contribution in [1.29, 1.82) is 0 Å². The van der Waals surface area contributed by atoms with Gasteiger partial charge in [0.05, 0.1) is 17.3 Å². The minimum atomic E-state index is -0.547. The summed E-state index contributed by atoms with van der Waals surface area (Å²) in [4.78, 5) is 35.9. The van der Waals surface area contributed by atoms with Crippen molar-refractivity contribution < 1.29 is 19.2 Å². The molecule has 0 radical (unpaired) electrons. The van der Waals surface area contributed by atoms with Crippen molar-refractivity contribution in [3.8, 4) is 5.75 Å². The number of rotatable bonds is 11. The lowest BCUT2D eigenvalue weighted by Crippen LogP contribution is -2.14. The number of ether oxygens (including phenoxy) is 1. The van der Waals surface area contributed by atoms with E-state index in [2.05, 4.69) is 17.6 Å². The molecule has 8 nitrogen and oxygen atoms in total. The maximum atomic E-state index is 12.5. The number of anilines is 2. The summed E-state index contributed by atoms with van der Waals surface area (Å²) >= 11 is 1.33. The van der Waals surface area contributed by atoms with Gasteiger partial charge in [0.25, 0.3) is 11.6 Å². The lowest BCUT2D eigenvalue weighted by Gasteiger charge is -2.09. The largest absolute Gasteiger partial charge is 0.494 e. The summed E-state index contributed by atoms with van der Waals surface area (Å²) in [5, 5.41) is 16.5. The van der Waals surface area contributed by atoms with Crippen LogP contribution in [0, 0.1) is 10.1 Å². The number of nitro benzene ring substituents is 1. The SMILES string of the molecule is CCCCOc1ccc(NC(=O)CSc2cccc(NC(=O)c3cccc([N+](=O)[O-])c3)c2)cc1. The first-order valence-corrected chi connectivity index (χ1v) is 11.7. The van der Waals surface area contributed by atoms with Gasteiger partial charge in [-0.25, -0.2) is 0 Å². The highest BCUT2D eigenvalue weighted by atomic mass is 32.2. The number of nitro groups is 1. The van der Waals surface area contributed by atoms with Crippen LogP contribution in [0.25, 0.3) is 0 Å². The van der Waals surface area contributed by atoms with Crippen LogP contribution >= 0.6 is 11.8 Å². The average molecular weight is 480 g/mol. The van der Waals surface area contributed by atoms with Crippen LogP contribution in [0.3, 0.4) is 0 Å². The highest BCUT2D eigenvalue weighted by Gasteiger charge is 2.12. The summed E-state index contributed by atoms with van der Waals surface area (Å²) in [5.41, 5.74) is 1.25. The number of amides is 2. The number of unbranched alkanes of at least 4 members (excludes halogenated alkanes) is 1. The molecule has 176 valence electrons. The maximum Gasteiger partial charge on any atom is 0.270 e. The quantitative estimate of drug-likeness (QED) is 0.157. The first kappa shape index (κ1) is 24.8. The Labute approximate surface area is 201 Å². The number of benzene rings is 3. The molecule has 3 aromatic rings. The molecular formula is C25H25N3O5S. The maximum absolute atomic E-state index is 12.5. The molecule has 9 heteroatoms. The Bertz CT molecular complexity index is 1150. The van der Waals surface area contributed by atoms with E-state index in [1.54, 1.807) is 30.3 Å². The normalized spacial score (nSPS) is 10.4. The van der Waals surface area contributed by atoms with Gasteiger partial charge >= 0.3 is 0 Å². The number of hydrogen-bond donors (Lipinski definition) is 2. The van der Waals surface area contributed by atoms with Crippen LogP contribution in [-0.4, -0.2) is 29.1 Å². The molecule has 0 saturated heterocycles. The zero-order valence-electron chi connectivity index (χ0n) is 18.7. The molecule has 2 N–H and O–H groups in total. The van der Waals surface area contributed by atoms with Crippen LogP contribution in [-0.2, 0) is 4.79 Å². The molecule has 0 aliphatic heterocycles. The third-order valence-corrected chi connectivity index (χ3v) is 5.68. The highest BCUT2D eigenvalue weighted by molar-refractivity contribution is 8.00. The number of hydrogen-bond acceptors (Lipinski definition) is 6. The molecule has 0 fully saturated rings. The summed E-state index contributed by atoms with van der Waals surface area (Å²) < 4.78 is 5.62. The number of non-ortho nitro benzene ring substituents is 1. The molecular weight excluding hydrogens is 454 g/mol. The van der Waals surface area contributed by atoms with Crippen LogP contribution < -0.4 is 15.4 Å². The first-order chi connectivity index (χ1) is 16.4. The Hall–Kier alpha value is -3.85. The lowest BCUT2D eigenvalue weighted by molar-refractivity contribution is -0.384. The molecule has 0 saturated carbocycles. The van der Waals surface area contributed by atoms with E-state index in [9.17, 15) is 19.7 Å². The summed E-state index contributed by atoms with van der Waals surface area (Å²) in [6.07, 6.45) is 2.06. The minimum absolute atomic E-state index is 0.151. The fraction of sp³-hybridized carbons (Fsp3) is 0.200. The Morgan fingerprint density at radius 1 is 0.971 bits per heavy atom. The molecule has 0 aliphatic rings. The van der Waals surface area contributed by atoms with Gasteiger partial charge in [-0.1, -0.05) is 25.5 Å². The minimum Gasteiger partial charge on any atom is -0.494 e. The van der Waals surface area contributed by atoms with Crippen molar-refractivity contribution in [3.63, 3.8) is 0 Å². The predicted octanol–water partition coefficient (Wildman–Crippen LogP) is 5.76. The summed E-state index contributed by atoms with van der Waals surface area (Å²) in [5.74, 6) is 0.350. The highest BCUT2D eigenvalue weighted by Crippen LogP contribution is 2.23. The molecule has 3 rings (SSSR count). The number of nitrogens with one attached hydrogen (secondary N) is 2. The van der Waals surface area contributed by atoms with E-state index in [1.165, 1.54) is 36.0 Å². The van der Waals surface area contributed by atoms with Crippen LogP contribution in [0.2, 0.25) is 0 Å². The van der Waals surface area contributed by atoms with Gasteiger partial charge in [0.15, 0.2) is 0 Å². The predicted molar refractivity (Wildman–Crippen MR) is 134 cm³/mol. The second-order valence-corrected chi connectivity index (χ2v) is 8.40. The molecule has 0 aromatic heterocycles. The van der Waals surface area contributed by atoms with Gasteiger partial charge in [-0.05, 0) is 55.0 Å². The van der Waals surface area contributed by atoms with Crippen molar-refractivity contribution in [1.82, 2.24) is 0 Å². The Morgan fingerprint density at radius 3 is 2.47 bits per heavy atom. The van der Waals surface area contributed by atoms with Gasteiger partial charge in [-0.3, -0.25) is 19.7 Å². The smallest absolute Gasteiger partial charge is 0.270 e. The Morgan fingerprint density at radius 2 is 1.74 bits per heavy atom. The standard InChI is InChI=1S/C25H25N3O5S/c1-2-3-14-33-22-12-10-19(11-13-22)26-24(29)17-34-23-9-5-7-20(16-23)27-25(30)18-6-4-8-21(15-18)28(31)32/h4-13,15-16H,2-3,14,17H2,1H3,(H,26,29)(H,27,30). The van der Waals surface area contributed by atoms with E-state index in [-0.39, 0.29) is 22.9 Å². The zero-order chi connectivity index (χ0) is 24.3. The van der Waals surface area contributed by atoms with Crippen molar-refractivity contribution in [3.05, 3.63) is 88.5 Å². The lowest BCUT2D eigenvalue weighted by atomic mass is 10.2. The molecule has 0 unspecified atom stereocenters. The molecule has 34 heavy (non-hydrogen) atoms. The first-order valence-electron chi connectivity index (χ1n) is 10.8. The number of thioether (sulfide) groups is 1. The summed E-state index contributed by atoms with van der Waals surface area (Å²) in [7, 11) is 0. The Balaban J connectivity index is 1.51. The van der Waals surface area contributed by atoms with E-state index in [1.807, 2.05) is 18.2 Å². The van der Waals surface area contributed by atoms with Gasteiger partial charge in [-0.15, -0.1) is 11.8 Å². The second-order valence-electron chi connectivity index (χ2n) is 7.35. The monoisotopic (exact) mass is 479 g/mol. The van der Waals surface area contributed by atoms with Crippen LogP contribution in [0.15, 0.2) is 77.7 Å². The van der Waals surface area contributed by atoms with Crippen LogP contribution in [0.1, 0.15) is 30.1 Å². The fourth-order valence-electron chi connectivity index (χ4n) is 2.94. The molecule has 0 atom stereocenters. The molecule has 0 spiro atoms. The van der Waals surface area contributed by atoms with E-state index < -0.39 is 10.8 Å². The third kappa shape index (κ3) is 7.63. The van der Waals surface area contributed by atoms with E-state index >= 15 is 0 Å². The molecule has 0 aliphatic carbocycles. The number of carbonyl (C=O) groups is 2. The van der Waals surface area contributed by atoms with Gasteiger partial charge in [0, 0.05) is 34.0 Å². The fourth-order valence-corrected chi connectivity index (χ4v) is 3.70. The third-order valence-electron chi connectivity index (χ3n) is 4.69. The topological polar surface area (TPSA) is 111 Å². The van der Waals surface area contributed by atoms with Gasteiger partial charge in [-0.2, -0.15) is 0 Å². The van der Waals surface area contributed by atoms with Crippen molar-refractivity contribution in [2.45, 2.75) is 24.7 Å². The summed E-state index contributed by atoms with van der Waals surface area (Å²) in [6.45, 7) is 2.77. The molecule has 2 amide bonds. The van der Waals surface area contributed by atoms with Gasteiger partial charge in [0.1, 0.15) is 5.75 Å². The van der Waals surface area contributed by atoms with Crippen LogP contribution in [0.5, 0.6) is 5.75 Å². The zero-order valence-corrected chi connectivity index (χ0v) is 19.5. The average Bonchev–Trinajstić information content (AvgIpc) is 2.84. The van der Waals surface area contributed by atoms with Gasteiger partial charge < -0.3 is 15.4 Å². The second kappa shape index (κ2) is 12.4. The molecule has 3 aromatic carbocycles. The van der Waals surface area contributed by atoms with E-state index in [4.69, 9.17) is 4.74 Å². The van der Waals surface area contributed by atoms with E-state index in [0.29, 0.717) is 18.0 Å². The van der Waals surface area contributed by atoms with Crippen LogP contribution in [0.4, 0.5) is 17.1 Å². The summed E-state index contributed by atoms with van der Waals surface area (Å²) in [6, 6.07) is 19.8. The van der Waals surface area contributed by atoms with Crippen molar-refractivity contribution in [2.75, 3.05) is 23.0 Å². The number of carbonyl (C=O) groups excluding carboxylic acids is 2. The number of nitrogens with zero attached hydrogens (tertiary/aromatic N) is 1. The van der Waals surface area contributed by atoms with Gasteiger partial charge in [0.2, 0.25) is 5.91 Å². The molecule has 0 heterocycles.